The van der Waals surface area contributed by atoms with Gasteiger partial charge in [0.2, 0.25) is 15.9 Å². The molecule has 10 heteroatoms. The first-order valence-electron chi connectivity index (χ1n) is 10.8. The van der Waals surface area contributed by atoms with Crippen molar-refractivity contribution in [3.8, 4) is 0 Å². The van der Waals surface area contributed by atoms with Gasteiger partial charge in [-0.1, -0.05) is 30.3 Å². The second-order valence-electron chi connectivity index (χ2n) is 8.44. The summed E-state index contributed by atoms with van der Waals surface area (Å²) in [7, 11) is -3.28. The Morgan fingerprint density at radius 3 is 2.24 bits per heavy atom. The summed E-state index contributed by atoms with van der Waals surface area (Å²) in [6.07, 6.45) is 0.663. The summed E-state index contributed by atoms with van der Waals surface area (Å²) < 4.78 is 24.8. The average molecular weight is 469 g/mol. The fourth-order valence-corrected chi connectivity index (χ4v) is 5.67. The van der Waals surface area contributed by atoms with Gasteiger partial charge in [0.1, 0.15) is 6.17 Å². The molecule has 3 aliphatic heterocycles. The van der Waals surface area contributed by atoms with Crippen LogP contribution in [0, 0.1) is 0 Å². The van der Waals surface area contributed by atoms with Crippen molar-refractivity contribution in [2.75, 3.05) is 43.9 Å². The molecule has 0 N–H and O–H groups in total. The van der Waals surface area contributed by atoms with E-state index < -0.39 is 16.2 Å². The van der Waals surface area contributed by atoms with E-state index in [1.54, 1.807) is 51.1 Å². The van der Waals surface area contributed by atoms with Gasteiger partial charge in [-0.05, 0) is 18.2 Å². The third-order valence-corrected chi connectivity index (χ3v) is 7.81. The molecule has 0 aromatic heterocycles. The molecule has 1 saturated heterocycles. The minimum atomic E-state index is -3.28. The van der Waals surface area contributed by atoms with E-state index in [4.69, 9.17) is 0 Å². The number of piperazine rings is 1. The molecule has 3 amide bonds. The largest absolute Gasteiger partial charge is 0.340 e. The first-order valence-corrected chi connectivity index (χ1v) is 12.7. The minimum absolute atomic E-state index is 0.0908. The number of fused-ring (bicyclic) bond motifs is 5. The van der Waals surface area contributed by atoms with Crippen molar-refractivity contribution in [2.24, 2.45) is 0 Å². The molecule has 2 aromatic carbocycles. The Hall–Kier alpha value is -3.24. The summed E-state index contributed by atoms with van der Waals surface area (Å²) in [5, 5.41) is 0. The Kier molecular flexibility index (Phi) is 5.21. The topological polar surface area (TPSA) is 98.3 Å². The van der Waals surface area contributed by atoms with Gasteiger partial charge in [0.25, 0.3) is 11.8 Å². The predicted octanol–water partition coefficient (Wildman–Crippen LogP) is 1.30. The van der Waals surface area contributed by atoms with Crippen molar-refractivity contribution in [3.05, 3.63) is 65.2 Å². The second-order valence-corrected chi connectivity index (χ2v) is 10.4. The summed E-state index contributed by atoms with van der Waals surface area (Å²) >= 11 is 0. The van der Waals surface area contributed by atoms with Gasteiger partial charge >= 0.3 is 0 Å². The maximum Gasteiger partial charge on any atom is 0.260 e. The average Bonchev–Trinajstić information content (AvgIpc) is 3.11. The van der Waals surface area contributed by atoms with Gasteiger partial charge in [-0.15, -0.1) is 0 Å². The van der Waals surface area contributed by atoms with Crippen molar-refractivity contribution in [1.82, 2.24) is 14.1 Å². The number of carbonyl (C=O) groups is 3. The van der Waals surface area contributed by atoms with Crippen molar-refractivity contribution >= 4 is 33.4 Å². The highest BCUT2D eigenvalue weighted by atomic mass is 32.2. The van der Waals surface area contributed by atoms with Crippen LogP contribution in [0.3, 0.4) is 0 Å². The van der Waals surface area contributed by atoms with Crippen LogP contribution < -0.4 is 4.90 Å². The Labute approximate surface area is 192 Å². The molecular weight excluding hydrogens is 444 g/mol. The van der Waals surface area contributed by atoms with Gasteiger partial charge < -0.3 is 9.80 Å². The molecule has 0 radical (unpaired) electrons. The van der Waals surface area contributed by atoms with Crippen molar-refractivity contribution < 1.29 is 22.8 Å². The Balaban J connectivity index is 1.38. The summed E-state index contributed by atoms with van der Waals surface area (Å²) in [5.41, 5.74) is 2.32. The van der Waals surface area contributed by atoms with E-state index in [0.717, 1.165) is 11.8 Å². The number of para-hydroxylation sites is 1. The molecule has 172 valence electrons. The zero-order valence-corrected chi connectivity index (χ0v) is 19.0. The Morgan fingerprint density at radius 1 is 0.909 bits per heavy atom. The van der Waals surface area contributed by atoms with Crippen molar-refractivity contribution in [3.63, 3.8) is 0 Å². The quantitative estimate of drug-likeness (QED) is 0.674. The molecule has 0 unspecified atom stereocenters. The molecule has 5 rings (SSSR count). The number of amides is 3. The monoisotopic (exact) mass is 468 g/mol. The van der Waals surface area contributed by atoms with Crippen LogP contribution in [0.1, 0.15) is 38.9 Å². The lowest BCUT2D eigenvalue weighted by Gasteiger charge is -2.41. The van der Waals surface area contributed by atoms with Crippen LogP contribution in [-0.4, -0.2) is 79.2 Å². The third-order valence-electron chi connectivity index (χ3n) is 6.51. The molecule has 3 aliphatic rings. The van der Waals surface area contributed by atoms with E-state index in [1.807, 2.05) is 12.1 Å². The highest BCUT2D eigenvalue weighted by Gasteiger charge is 2.47. The van der Waals surface area contributed by atoms with Crippen LogP contribution in [0.4, 0.5) is 5.69 Å². The van der Waals surface area contributed by atoms with Gasteiger partial charge in [-0.2, -0.15) is 4.31 Å². The number of anilines is 1. The van der Waals surface area contributed by atoms with Gasteiger partial charge in [-0.3, -0.25) is 19.3 Å². The molecule has 2 aromatic rings. The van der Waals surface area contributed by atoms with Crippen LogP contribution in [0.15, 0.2) is 48.5 Å². The minimum Gasteiger partial charge on any atom is -0.340 e. The maximum absolute atomic E-state index is 13.4. The smallest absolute Gasteiger partial charge is 0.260 e. The molecule has 9 nitrogen and oxygen atoms in total. The van der Waals surface area contributed by atoms with Gasteiger partial charge in [-0.25, -0.2) is 8.42 Å². The van der Waals surface area contributed by atoms with Crippen molar-refractivity contribution in [2.45, 2.75) is 12.6 Å². The van der Waals surface area contributed by atoms with E-state index in [1.165, 1.54) is 4.31 Å². The summed E-state index contributed by atoms with van der Waals surface area (Å²) in [6, 6.07) is 14.3. The Morgan fingerprint density at radius 2 is 1.55 bits per heavy atom. The lowest BCUT2D eigenvalue weighted by Crippen LogP contribution is -2.52. The molecular formula is C23H24N4O5S. The molecule has 0 bridgehead atoms. The highest BCUT2D eigenvalue weighted by molar-refractivity contribution is 7.88. The van der Waals surface area contributed by atoms with E-state index >= 15 is 0 Å². The molecule has 0 spiro atoms. The highest BCUT2D eigenvalue weighted by Crippen LogP contribution is 2.45. The van der Waals surface area contributed by atoms with Crippen molar-refractivity contribution in [1.29, 1.82) is 0 Å². The Bertz CT molecular complexity index is 1250. The van der Waals surface area contributed by atoms with Crippen LogP contribution >= 0.6 is 0 Å². The van der Waals surface area contributed by atoms with Crippen LogP contribution in [0.5, 0.6) is 0 Å². The zero-order chi connectivity index (χ0) is 23.3. The standard InChI is InChI=1S/C23H24N4O5S/c1-33(31,32)25-14-12-24(13-15-25)20(28)10-11-26-21-16-6-2-3-7-17(16)23(30)27(21)19-9-5-4-8-18(19)22(26)29/h2-9,21H,10-15H2,1H3/t21-/m0/s1. The van der Waals surface area contributed by atoms with E-state index in [0.29, 0.717) is 29.9 Å². The number of hydrogen-bond donors (Lipinski definition) is 0. The predicted molar refractivity (Wildman–Crippen MR) is 121 cm³/mol. The second kappa shape index (κ2) is 7.96. The molecule has 1 fully saturated rings. The number of carbonyl (C=O) groups excluding carboxylic acids is 3. The third kappa shape index (κ3) is 3.59. The first kappa shape index (κ1) is 21.6. The van der Waals surface area contributed by atoms with Crippen LogP contribution in [0.2, 0.25) is 0 Å². The number of nitrogens with zero attached hydrogens (tertiary/aromatic N) is 4. The number of sulfonamides is 1. The fourth-order valence-electron chi connectivity index (χ4n) is 4.84. The molecule has 33 heavy (non-hydrogen) atoms. The molecule has 1 atom stereocenters. The number of benzene rings is 2. The first-order chi connectivity index (χ1) is 15.8. The van der Waals surface area contributed by atoms with Crippen LogP contribution in [0.25, 0.3) is 0 Å². The number of rotatable bonds is 4. The summed E-state index contributed by atoms with van der Waals surface area (Å²) in [4.78, 5) is 44.4. The van der Waals surface area contributed by atoms with E-state index in [-0.39, 0.29) is 43.8 Å². The lowest BCUT2D eigenvalue weighted by atomic mass is 10.0. The van der Waals surface area contributed by atoms with Gasteiger partial charge in [0, 0.05) is 50.3 Å². The number of hydrogen-bond acceptors (Lipinski definition) is 5. The SMILES string of the molecule is CS(=O)(=O)N1CCN(C(=O)CCN2C(=O)c3ccccc3N3C(=O)c4ccccc4[C@@H]23)CC1. The molecule has 0 saturated carbocycles. The lowest BCUT2D eigenvalue weighted by molar-refractivity contribution is -0.132. The summed E-state index contributed by atoms with van der Waals surface area (Å²) in [6.45, 7) is 1.32. The maximum atomic E-state index is 13.4. The van der Waals surface area contributed by atoms with Gasteiger partial charge in [0.05, 0.1) is 17.5 Å². The molecule has 3 heterocycles. The van der Waals surface area contributed by atoms with Gasteiger partial charge in [0.15, 0.2) is 0 Å². The van der Waals surface area contributed by atoms with E-state index in [9.17, 15) is 22.8 Å². The van der Waals surface area contributed by atoms with Crippen LogP contribution in [-0.2, 0) is 14.8 Å². The normalized spacial score (nSPS) is 20.5. The molecule has 0 aliphatic carbocycles. The van der Waals surface area contributed by atoms with E-state index in [2.05, 4.69) is 0 Å². The summed E-state index contributed by atoms with van der Waals surface area (Å²) in [5.74, 6) is -0.520. The zero-order valence-electron chi connectivity index (χ0n) is 18.2. The fraction of sp³-hybridized carbons (Fsp3) is 0.348.